The summed E-state index contributed by atoms with van der Waals surface area (Å²) in [6.45, 7) is 4.80. The van der Waals surface area contributed by atoms with E-state index in [0.717, 1.165) is 18.0 Å². The van der Waals surface area contributed by atoms with E-state index in [1.54, 1.807) is 23.5 Å². The molecule has 8 heteroatoms. The van der Waals surface area contributed by atoms with Gasteiger partial charge in [-0.3, -0.25) is 19.9 Å². The molecule has 1 fully saturated rings. The number of nitrogens with one attached hydrogen (secondary N) is 2. The van der Waals surface area contributed by atoms with Crippen LogP contribution in [0, 0.1) is 0 Å². The highest BCUT2D eigenvalue weighted by Crippen LogP contribution is 2.33. The third kappa shape index (κ3) is 3.32. The minimum atomic E-state index is -1.16. The maximum atomic E-state index is 13.1. The number of imide groups is 1. The Kier molecular flexibility index (Phi) is 5.14. The number of carbonyl (C=O) groups is 3. The van der Waals surface area contributed by atoms with Gasteiger partial charge in [-0.05, 0) is 42.3 Å². The van der Waals surface area contributed by atoms with E-state index in [1.807, 2.05) is 25.1 Å². The zero-order chi connectivity index (χ0) is 20.6. The number of hydrogen-bond donors (Lipinski definition) is 2. The van der Waals surface area contributed by atoms with Crippen LogP contribution >= 0.6 is 11.3 Å². The zero-order valence-electron chi connectivity index (χ0n) is 16.5. The molecule has 1 aromatic heterocycles. The molecule has 2 aromatic rings. The topological polar surface area (TPSA) is 81.8 Å². The van der Waals surface area contributed by atoms with E-state index in [2.05, 4.69) is 34.0 Å². The number of urea groups is 1. The number of thiophene rings is 1. The van der Waals surface area contributed by atoms with Gasteiger partial charge in [0.15, 0.2) is 0 Å². The SMILES string of the molecule is CC[C@]1(c2ccccc2)NC(=O)N(NC(=O)CN2CCc3sccc3[C@@H]2C)C1=O. The first-order valence-electron chi connectivity index (χ1n) is 9.78. The Morgan fingerprint density at radius 3 is 2.76 bits per heavy atom. The molecule has 152 valence electrons. The number of benzene rings is 1. The van der Waals surface area contributed by atoms with Crippen LogP contribution < -0.4 is 10.7 Å². The molecule has 2 atom stereocenters. The third-order valence-electron chi connectivity index (χ3n) is 5.88. The Bertz CT molecular complexity index is 944. The Morgan fingerprint density at radius 1 is 1.28 bits per heavy atom. The lowest BCUT2D eigenvalue weighted by Crippen LogP contribution is -2.51. The van der Waals surface area contributed by atoms with Gasteiger partial charge in [0.1, 0.15) is 5.54 Å². The van der Waals surface area contributed by atoms with E-state index < -0.39 is 17.5 Å². The van der Waals surface area contributed by atoms with E-state index >= 15 is 0 Å². The molecule has 2 aliphatic rings. The molecule has 2 aliphatic heterocycles. The second-order valence-corrected chi connectivity index (χ2v) is 8.43. The third-order valence-corrected chi connectivity index (χ3v) is 6.87. The van der Waals surface area contributed by atoms with E-state index in [0.29, 0.717) is 12.0 Å². The first-order valence-corrected chi connectivity index (χ1v) is 10.7. The van der Waals surface area contributed by atoms with Gasteiger partial charge in [-0.1, -0.05) is 37.3 Å². The summed E-state index contributed by atoms with van der Waals surface area (Å²) >= 11 is 1.74. The van der Waals surface area contributed by atoms with E-state index in [-0.39, 0.29) is 18.5 Å². The predicted octanol–water partition coefficient (Wildman–Crippen LogP) is 2.56. The number of amides is 4. The van der Waals surface area contributed by atoms with Gasteiger partial charge in [0.2, 0.25) is 0 Å². The Labute approximate surface area is 173 Å². The second kappa shape index (κ2) is 7.61. The van der Waals surface area contributed by atoms with Crippen molar-refractivity contribution in [3.05, 3.63) is 57.8 Å². The molecule has 4 rings (SSSR count). The van der Waals surface area contributed by atoms with Crippen LogP contribution in [0.2, 0.25) is 0 Å². The van der Waals surface area contributed by atoms with Crippen LogP contribution in [0.3, 0.4) is 0 Å². The fraction of sp³-hybridized carbons (Fsp3) is 0.381. The second-order valence-electron chi connectivity index (χ2n) is 7.43. The highest BCUT2D eigenvalue weighted by Gasteiger charge is 2.52. The molecule has 0 unspecified atom stereocenters. The van der Waals surface area contributed by atoms with Gasteiger partial charge < -0.3 is 5.32 Å². The lowest BCUT2D eigenvalue weighted by atomic mass is 9.87. The van der Waals surface area contributed by atoms with E-state index in [4.69, 9.17) is 0 Å². The zero-order valence-corrected chi connectivity index (χ0v) is 17.3. The number of rotatable bonds is 5. The fourth-order valence-electron chi connectivity index (χ4n) is 4.16. The van der Waals surface area contributed by atoms with Crippen LogP contribution in [0.1, 0.15) is 42.3 Å². The summed E-state index contributed by atoms with van der Waals surface area (Å²) in [7, 11) is 0. The summed E-state index contributed by atoms with van der Waals surface area (Å²) in [4.78, 5) is 41.7. The van der Waals surface area contributed by atoms with Gasteiger partial charge in [0.05, 0.1) is 6.54 Å². The van der Waals surface area contributed by atoms with E-state index in [9.17, 15) is 14.4 Å². The normalized spacial score (nSPS) is 24.3. The summed E-state index contributed by atoms with van der Waals surface area (Å²) in [5.74, 6) is -0.838. The molecule has 3 heterocycles. The predicted molar refractivity (Wildman–Crippen MR) is 110 cm³/mol. The van der Waals surface area contributed by atoms with Crippen molar-refractivity contribution >= 4 is 29.2 Å². The van der Waals surface area contributed by atoms with Crippen molar-refractivity contribution in [1.29, 1.82) is 0 Å². The van der Waals surface area contributed by atoms with E-state index in [1.165, 1.54) is 10.4 Å². The minimum Gasteiger partial charge on any atom is -0.318 e. The van der Waals surface area contributed by atoms with Crippen LogP contribution in [-0.4, -0.2) is 40.8 Å². The average molecular weight is 413 g/mol. The molecule has 0 radical (unpaired) electrons. The van der Waals surface area contributed by atoms with Crippen LogP contribution in [0.25, 0.3) is 0 Å². The molecule has 1 aromatic carbocycles. The molecular formula is C21H24N4O3S. The summed E-state index contributed by atoms with van der Waals surface area (Å²) in [6.07, 6.45) is 1.29. The molecular weight excluding hydrogens is 388 g/mol. The maximum Gasteiger partial charge on any atom is 0.344 e. The van der Waals surface area contributed by atoms with Gasteiger partial charge >= 0.3 is 6.03 Å². The Balaban J connectivity index is 1.46. The van der Waals surface area contributed by atoms with Crippen LogP contribution in [0.4, 0.5) is 4.79 Å². The van der Waals surface area contributed by atoms with Gasteiger partial charge in [-0.2, -0.15) is 5.01 Å². The van der Waals surface area contributed by atoms with Crippen molar-refractivity contribution in [3.63, 3.8) is 0 Å². The van der Waals surface area contributed by atoms with Gasteiger partial charge in [-0.25, -0.2) is 4.79 Å². The van der Waals surface area contributed by atoms with Crippen molar-refractivity contribution in [3.8, 4) is 0 Å². The molecule has 0 spiro atoms. The number of nitrogens with zero attached hydrogens (tertiary/aromatic N) is 2. The molecule has 0 saturated carbocycles. The standard InChI is InChI=1S/C21H24N4O3S/c1-3-21(15-7-5-4-6-8-15)19(27)25(20(28)22-21)23-18(26)13-24-11-9-17-16(14(24)2)10-12-29-17/h4-8,10,12,14H,3,9,11,13H2,1-2H3,(H,22,28)(H,23,26)/t14-,21+/m0/s1. The summed E-state index contributed by atoms with van der Waals surface area (Å²) in [5, 5.41) is 5.67. The first-order chi connectivity index (χ1) is 14.0. The quantitative estimate of drug-likeness (QED) is 0.740. The number of fused-ring (bicyclic) bond motifs is 1. The Hall–Kier alpha value is -2.71. The fourth-order valence-corrected chi connectivity index (χ4v) is 5.12. The largest absolute Gasteiger partial charge is 0.344 e. The lowest BCUT2D eigenvalue weighted by molar-refractivity contribution is -0.140. The van der Waals surface area contributed by atoms with Gasteiger partial charge in [-0.15, -0.1) is 11.3 Å². The number of hydrazine groups is 1. The van der Waals surface area contributed by atoms with Crippen molar-refractivity contribution in [2.24, 2.45) is 0 Å². The number of hydrogen-bond acceptors (Lipinski definition) is 5. The maximum absolute atomic E-state index is 13.1. The van der Waals surface area contributed by atoms with Crippen molar-refractivity contribution in [1.82, 2.24) is 20.7 Å². The highest BCUT2D eigenvalue weighted by atomic mass is 32.1. The smallest absolute Gasteiger partial charge is 0.318 e. The van der Waals surface area contributed by atoms with Crippen LogP contribution in [0.15, 0.2) is 41.8 Å². The Morgan fingerprint density at radius 2 is 2.03 bits per heavy atom. The van der Waals surface area contributed by atoms with Gasteiger partial charge in [0.25, 0.3) is 11.8 Å². The van der Waals surface area contributed by atoms with Gasteiger partial charge in [0, 0.05) is 17.5 Å². The molecule has 1 saturated heterocycles. The van der Waals surface area contributed by atoms with Crippen molar-refractivity contribution in [2.75, 3.05) is 13.1 Å². The molecule has 4 amide bonds. The summed E-state index contributed by atoms with van der Waals surface area (Å²) < 4.78 is 0. The molecule has 2 N–H and O–H groups in total. The van der Waals surface area contributed by atoms with Crippen molar-refractivity contribution in [2.45, 2.75) is 38.3 Å². The molecule has 0 aliphatic carbocycles. The number of carbonyl (C=O) groups excluding carboxylic acids is 3. The molecule has 7 nitrogen and oxygen atoms in total. The van der Waals surface area contributed by atoms with Crippen LogP contribution in [0.5, 0.6) is 0 Å². The summed E-state index contributed by atoms with van der Waals surface area (Å²) in [5.41, 5.74) is 3.31. The minimum absolute atomic E-state index is 0.123. The molecule has 0 bridgehead atoms. The highest BCUT2D eigenvalue weighted by molar-refractivity contribution is 7.10. The molecule has 29 heavy (non-hydrogen) atoms. The average Bonchev–Trinajstić information content (AvgIpc) is 3.30. The monoisotopic (exact) mass is 412 g/mol. The van der Waals surface area contributed by atoms with Crippen molar-refractivity contribution < 1.29 is 14.4 Å². The summed E-state index contributed by atoms with van der Waals surface area (Å²) in [6, 6.07) is 10.7. The lowest BCUT2D eigenvalue weighted by Gasteiger charge is -2.33. The van der Waals surface area contributed by atoms with Crippen LogP contribution in [-0.2, 0) is 21.5 Å². The first kappa shape index (κ1) is 19.6.